The standard InChI is InChI=1S/C34H21N3O4S/c1-2-36-28-9-4-3-6-22(28)27-17-20(10-14-29(27)36)37-32(38)25-8-5-7-24-23(12-13-26(31(24)25)33(37)39)30-15-11-21(42-30)16-19(18-35)34(40)41/h3-17H,2H2,1H3,(H,40,41)/b19-16+. The second kappa shape index (κ2) is 9.54. The summed E-state index contributed by atoms with van der Waals surface area (Å²) < 4.78 is 2.22. The molecule has 2 aromatic heterocycles. The topological polar surface area (TPSA) is 103 Å². The molecule has 2 amide bonds. The lowest BCUT2D eigenvalue weighted by molar-refractivity contribution is -0.132. The van der Waals surface area contributed by atoms with Crippen LogP contribution in [0.1, 0.15) is 32.5 Å². The SMILES string of the molecule is CCn1c2ccccc2c2cc(N3C(=O)c4cccc5c(-c6ccc(/C=C(\C#N)C(=O)O)s6)ccc(c45)C3=O)ccc21. The molecule has 4 aromatic carbocycles. The van der Waals surface area contributed by atoms with E-state index >= 15 is 0 Å². The maximum absolute atomic E-state index is 14.0. The number of hydrogen-bond donors (Lipinski definition) is 1. The highest BCUT2D eigenvalue weighted by Crippen LogP contribution is 2.41. The molecular weight excluding hydrogens is 546 g/mol. The highest BCUT2D eigenvalue weighted by Gasteiger charge is 2.35. The zero-order valence-corrected chi connectivity index (χ0v) is 23.1. The molecule has 0 saturated carbocycles. The summed E-state index contributed by atoms with van der Waals surface area (Å²) in [6.07, 6.45) is 1.33. The van der Waals surface area contributed by atoms with Gasteiger partial charge in [-0.05, 0) is 72.5 Å². The summed E-state index contributed by atoms with van der Waals surface area (Å²) in [7, 11) is 0. The van der Waals surface area contributed by atoms with Crippen LogP contribution in [0.25, 0.3) is 49.1 Å². The maximum Gasteiger partial charge on any atom is 0.346 e. The number of carboxylic acid groups (broad SMARTS) is 1. The third-order valence-corrected chi connectivity index (χ3v) is 8.83. The fourth-order valence-electron chi connectivity index (χ4n) is 5.93. The Hall–Kier alpha value is -5.52. The lowest BCUT2D eigenvalue weighted by Crippen LogP contribution is -2.40. The number of aromatic nitrogens is 1. The average Bonchev–Trinajstić information content (AvgIpc) is 3.60. The molecule has 0 radical (unpaired) electrons. The van der Waals surface area contributed by atoms with Crippen LogP contribution in [0.2, 0.25) is 0 Å². The van der Waals surface area contributed by atoms with Gasteiger partial charge in [-0.1, -0.05) is 36.4 Å². The number of imide groups is 1. The van der Waals surface area contributed by atoms with E-state index < -0.39 is 5.97 Å². The number of thiophene rings is 1. The van der Waals surface area contributed by atoms with Crippen LogP contribution in [-0.2, 0) is 11.3 Å². The van der Waals surface area contributed by atoms with E-state index in [0.29, 0.717) is 27.1 Å². The summed E-state index contributed by atoms with van der Waals surface area (Å²) in [5.74, 6) is -2.06. The van der Waals surface area contributed by atoms with E-state index in [9.17, 15) is 19.5 Å². The van der Waals surface area contributed by atoms with Gasteiger partial charge < -0.3 is 9.67 Å². The van der Waals surface area contributed by atoms with Crippen LogP contribution in [-0.4, -0.2) is 27.5 Å². The highest BCUT2D eigenvalue weighted by atomic mass is 32.1. The van der Waals surface area contributed by atoms with Gasteiger partial charge in [-0.2, -0.15) is 5.26 Å². The van der Waals surface area contributed by atoms with Gasteiger partial charge in [0.25, 0.3) is 11.8 Å². The molecule has 0 fully saturated rings. The summed E-state index contributed by atoms with van der Waals surface area (Å²) in [4.78, 5) is 41.9. The van der Waals surface area contributed by atoms with Gasteiger partial charge >= 0.3 is 5.97 Å². The van der Waals surface area contributed by atoms with Crippen LogP contribution in [0.3, 0.4) is 0 Å². The van der Waals surface area contributed by atoms with E-state index in [0.717, 1.165) is 44.2 Å². The van der Waals surface area contributed by atoms with E-state index in [4.69, 9.17) is 5.26 Å². The quantitative estimate of drug-likeness (QED) is 0.132. The fraction of sp³-hybridized carbons (Fsp3) is 0.0588. The number of nitrogens with zero attached hydrogens (tertiary/aromatic N) is 3. The zero-order chi connectivity index (χ0) is 29.1. The van der Waals surface area contributed by atoms with Crippen LogP contribution < -0.4 is 4.90 Å². The van der Waals surface area contributed by atoms with Crippen LogP contribution in [0.15, 0.2) is 90.5 Å². The molecule has 7 rings (SSSR count). The molecule has 1 aliphatic heterocycles. The Bertz CT molecular complexity index is 2210. The Labute approximate surface area is 243 Å². The van der Waals surface area contributed by atoms with Gasteiger partial charge in [0.1, 0.15) is 11.6 Å². The molecule has 0 unspecified atom stereocenters. The summed E-state index contributed by atoms with van der Waals surface area (Å²) in [5.41, 5.74) is 4.01. The van der Waals surface area contributed by atoms with E-state index in [1.165, 1.54) is 22.3 Å². The van der Waals surface area contributed by atoms with Crippen molar-refractivity contribution < 1.29 is 19.5 Å². The monoisotopic (exact) mass is 567 g/mol. The molecule has 0 saturated heterocycles. The first-order valence-corrected chi connectivity index (χ1v) is 14.1. The number of fused-ring (bicyclic) bond motifs is 3. The summed E-state index contributed by atoms with van der Waals surface area (Å²) in [6.45, 7) is 2.89. The molecule has 0 spiro atoms. The third-order valence-electron chi connectivity index (χ3n) is 7.77. The normalized spacial score (nSPS) is 13.3. The molecular formula is C34H21N3O4S. The minimum absolute atomic E-state index is 0.353. The number of carbonyl (C=O) groups is 3. The molecule has 0 atom stereocenters. The largest absolute Gasteiger partial charge is 0.477 e. The number of benzene rings is 4. The minimum Gasteiger partial charge on any atom is -0.477 e. The maximum atomic E-state index is 14.0. The van der Waals surface area contributed by atoms with Gasteiger partial charge in [0, 0.05) is 54.6 Å². The molecule has 1 N–H and O–H groups in total. The van der Waals surface area contributed by atoms with Crippen LogP contribution >= 0.6 is 11.3 Å². The Morgan fingerprint density at radius 2 is 1.57 bits per heavy atom. The summed E-state index contributed by atoms with van der Waals surface area (Å²) in [6, 6.07) is 28.2. The lowest BCUT2D eigenvalue weighted by Gasteiger charge is -2.28. The number of carboxylic acids is 1. The Morgan fingerprint density at radius 3 is 2.33 bits per heavy atom. The van der Waals surface area contributed by atoms with Crippen molar-refractivity contribution in [2.45, 2.75) is 13.5 Å². The van der Waals surface area contributed by atoms with Crippen molar-refractivity contribution in [3.63, 3.8) is 0 Å². The van der Waals surface area contributed by atoms with Gasteiger partial charge in [0.15, 0.2) is 0 Å². The molecule has 202 valence electrons. The predicted octanol–water partition coefficient (Wildman–Crippen LogP) is 7.49. The molecule has 7 nitrogen and oxygen atoms in total. The molecule has 0 bridgehead atoms. The summed E-state index contributed by atoms with van der Waals surface area (Å²) >= 11 is 1.33. The summed E-state index contributed by atoms with van der Waals surface area (Å²) in [5, 5.41) is 21.7. The third kappa shape index (κ3) is 3.68. The van der Waals surface area contributed by atoms with Crippen molar-refractivity contribution in [3.8, 4) is 16.5 Å². The minimum atomic E-state index is -1.29. The van der Waals surface area contributed by atoms with E-state index in [1.807, 2.05) is 54.6 Å². The van der Waals surface area contributed by atoms with E-state index in [-0.39, 0.29) is 17.4 Å². The Kier molecular flexibility index (Phi) is 5.78. The second-order valence-corrected chi connectivity index (χ2v) is 11.1. The average molecular weight is 568 g/mol. The van der Waals surface area contributed by atoms with Crippen LogP contribution in [0.4, 0.5) is 5.69 Å². The van der Waals surface area contributed by atoms with Crippen LogP contribution in [0, 0.1) is 11.3 Å². The van der Waals surface area contributed by atoms with E-state index in [2.05, 4.69) is 23.6 Å². The van der Waals surface area contributed by atoms with Gasteiger partial charge in [0.05, 0.1) is 5.69 Å². The number of amides is 2. The second-order valence-electron chi connectivity index (χ2n) is 9.97. The predicted molar refractivity (Wildman–Crippen MR) is 165 cm³/mol. The molecule has 0 aliphatic carbocycles. The Balaban J connectivity index is 1.34. The van der Waals surface area contributed by atoms with Gasteiger partial charge in [-0.3, -0.25) is 9.59 Å². The molecule has 6 aromatic rings. The van der Waals surface area contributed by atoms with Gasteiger partial charge in [-0.25, -0.2) is 9.69 Å². The number of para-hydroxylation sites is 1. The van der Waals surface area contributed by atoms with E-state index in [1.54, 1.807) is 24.3 Å². The number of aliphatic carboxylic acids is 1. The molecule has 42 heavy (non-hydrogen) atoms. The molecule has 8 heteroatoms. The number of aryl methyl sites for hydroxylation is 1. The smallest absolute Gasteiger partial charge is 0.346 e. The first kappa shape index (κ1) is 25.4. The van der Waals surface area contributed by atoms with Crippen LogP contribution in [0.5, 0.6) is 0 Å². The number of hydrogen-bond acceptors (Lipinski definition) is 5. The van der Waals surface area contributed by atoms with Crippen molar-refractivity contribution in [3.05, 3.63) is 107 Å². The Morgan fingerprint density at radius 1 is 0.857 bits per heavy atom. The van der Waals surface area contributed by atoms with Crippen molar-refractivity contribution in [1.82, 2.24) is 4.57 Å². The number of anilines is 1. The van der Waals surface area contributed by atoms with Crippen molar-refractivity contribution in [2.75, 3.05) is 4.90 Å². The highest BCUT2D eigenvalue weighted by molar-refractivity contribution is 7.16. The van der Waals surface area contributed by atoms with Crippen molar-refractivity contribution in [2.24, 2.45) is 0 Å². The van der Waals surface area contributed by atoms with Crippen molar-refractivity contribution in [1.29, 1.82) is 5.26 Å². The first-order valence-electron chi connectivity index (χ1n) is 13.3. The zero-order valence-electron chi connectivity index (χ0n) is 22.3. The first-order chi connectivity index (χ1) is 20.4. The molecule has 3 heterocycles. The van der Waals surface area contributed by atoms with Crippen molar-refractivity contribution >= 4 is 73.5 Å². The van der Waals surface area contributed by atoms with Gasteiger partial charge in [-0.15, -0.1) is 11.3 Å². The lowest BCUT2D eigenvalue weighted by atomic mass is 9.90. The fourth-order valence-corrected chi connectivity index (χ4v) is 6.92. The number of nitriles is 1. The molecule has 1 aliphatic rings. The number of carbonyl (C=O) groups excluding carboxylic acids is 2. The number of rotatable bonds is 5. The van der Waals surface area contributed by atoms with Gasteiger partial charge in [0.2, 0.25) is 0 Å².